The number of likely N-dealkylation sites (N-methyl/N-ethyl adjacent to an activating group) is 1. The number of nitrogens with zero attached hydrogens (tertiary/aromatic N) is 2. The van der Waals surface area contributed by atoms with Gasteiger partial charge in [-0.25, -0.2) is 0 Å². The fraction of sp³-hybridized carbons (Fsp3) is 0.706. The zero-order valence-corrected chi connectivity index (χ0v) is 13.7. The summed E-state index contributed by atoms with van der Waals surface area (Å²) in [5.41, 5.74) is 8.36. The summed E-state index contributed by atoms with van der Waals surface area (Å²) in [5, 5.41) is 0. The van der Waals surface area contributed by atoms with Crippen LogP contribution >= 0.6 is 0 Å². The Morgan fingerprint density at radius 2 is 1.90 bits per heavy atom. The van der Waals surface area contributed by atoms with Gasteiger partial charge < -0.3 is 10.5 Å². The number of methoxy groups -OCH3 is 1. The van der Waals surface area contributed by atoms with Crippen LogP contribution in [-0.2, 0) is 6.54 Å². The maximum atomic E-state index is 6.16. The van der Waals surface area contributed by atoms with Crippen molar-refractivity contribution in [3.8, 4) is 5.75 Å². The first-order valence-electron chi connectivity index (χ1n) is 8.02. The molecule has 4 nitrogen and oxygen atoms in total. The summed E-state index contributed by atoms with van der Waals surface area (Å²) in [4.78, 5) is 7.06. The van der Waals surface area contributed by atoms with Gasteiger partial charge in [-0.1, -0.05) is 25.7 Å². The molecular weight excluding hydrogens is 262 g/mol. The van der Waals surface area contributed by atoms with Gasteiger partial charge in [-0.15, -0.1) is 0 Å². The lowest BCUT2D eigenvalue weighted by Crippen LogP contribution is -2.51. The molecule has 0 amide bonds. The highest BCUT2D eigenvalue weighted by Gasteiger charge is 2.33. The highest BCUT2D eigenvalue weighted by atomic mass is 16.5. The third-order valence-electron chi connectivity index (χ3n) is 4.84. The molecule has 118 valence electrons. The number of rotatable bonds is 5. The molecule has 1 aromatic rings. The second-order valence-corrected chi connectivity index (χ2v) is 6.34. The summed E-state index contributed by atoms with van der Waals surface area (Å²) in [6.45, 7) is 3.57. The Kier molecular flexibility index (Phi) is 5.59. The van der Waals surface area contributed by atoms with E-state index in [1.54, 1.807) is 7.11 Å². The molecule has 1 aromatic heterocycles. The van der Waals surface area contributed by atoms with Gasteiger partial charge in [0, 0.05) is 36.5 Å². The molecule has 0 spiro atoms. The number of hydrogen-bond donors (Lipinski definition) is 1. The molecule has 0 atom stereocenters. The van der Waals surface area contributed by atoms with Crippen LogP contribution in [0.3, 0.4) is 0 Å². The number of nitrogens with two attached hydrogens (primary N) is 1. The normalized spacial score (nSPS) is 18.5. The molecule has 4 heteroatoms. The number of aromatic nitrogens is 1. The standard InChI is InChI=1S/C17H29N3O/c1-14-10-16(21-3)11-15(19-14)12-20(2)17(13-18)8-6-4-5-7-9-17/h10-11H,4-9,12-13,18H2,1-3H3. The van der Waals surface area contributed by atoms with E-state index >= 15 is 0 Å². The number of pyridine rings is 1. The van der Waals surface area contributed by atoms with E-state index in [9.17, 15) is 0 Å². The summed E-state index contributed by atoms with van der Waals surface area (Å²) < 4.78 is 5.35. The predicted octanol–water partition coefficient (Wildman–Crippen LogP) is 2.88. The molecule has 1 heterocycles. The summed E-state index contributed by atoms with van der Waals surface area (Å²) in [7, 11) is 3.89. The van der Waals surface area contributed by atoms with Gasteiger partial charge in [-0.2, -0.15) is 0 Å². The molecule has 21 heavy (non-hydrogen) atoms. The minimum absolute atomic E-state index is 0.134. The molecule has 1 fully saturated rings. The number of aryl methyl sites for hydroxylation is 1. The smallest absolute Gasteiger partial charge is 0.122 e. The fourth-order valence-corrected chi connectivity index (χ4v) is 3.44. The lowest BCUT2D eigenvalue weighted by atomic mass is 9.88. The van der Waals surface area contributed by atoms with E-state index in [0.29, 0.717) is 0 Å². The molecule has 0 unspecified atom stereocenters. The van der Waals surface area contributed by atoms with Crippen molar-refractivity contribution in [1.82, 2.24) is 9.88 Å². The average molecular weight is 291 g/mol. The largest absolute Gasteiger partial charge is 0.497 e. The Morgan fingerprint density at radius 3 is 2.48 bits per heavy atom. The zero-order valence-electron chi connectivity index (χ0n) is 13.7. The van der Waals surface area contributed by atoms with Crippen LogP contribution in [0.25, 0.3) is 0 Å². The predicted molar refractivity (Wildman–Crippen MR) is 86.5 cm³/mol. The van der Waals surface area contributed by atoms with Crippen molar-refractivity contribution < 1.29 is 4.74 Å². The van der Waals surface area contributed by atoms with Crippen LogP contribution in [0.15, 0.2) is 12.1 Å². The van der Waals surface area contributed by atoms with Gasteiger partial charge in [-0.3, -0.25) is 9.88 Å². The molecule has 2 N–H and O–H groups in total. The Hall–Kier alpha value is -1.13. The summed E-state index contributed by atoms with van der Waals surface area (Å²) >= 11 is 0. The quantitative estimate of drug-likeness (QED) is 0.848. The second kappa shape index (κ2) is 7.23. The lowest BCUT2D eigenvalue weighted by molar-refractivity contribution is 0.0982. The van der Waals surface area contributed by atoms with Gasteiger partial charge in [0.25, 0.3) is 0 Å². The van der Waals surface area contributed by atoms with Crippen LogP contribution < -0.4 is 10.5 Å². The molecule has 0 aromatic carbocycles. The summed E-state index contributed by atoms with van der Waals surface area (Å²) in [6.07, 6.45) is 7.64. The molecule has 1 saturated carbocycles. The van der Waals surface area contributed by atoms with E-state index in [4.69, 9.17) is 10.5 Å². The van der Waals surface area contributed by atoms with Crippen LogP contribution in [0.2, 0.25) is 0 Å². The van der Waals surface area contributed by atoms with Crippen molar-refractivity contribution in [2.45, 2.75) is 57.5 Å². The zero-order chi connectivity index (χ0) is 15.3. The molecule has 0 radical (unpaired) electrons. The highest BCUT2D eigenvalue weighted by Crippen LogP contribution is 2.32. The van der Waals surface area contributed by atoms with Crippen molar-refractivity contribution in [3.63, 3.8) is 0 Å². The monoisotopic (exact) mass is 291 g/mol. The van der Waals surface area contributed by atoms with Gasteiger partial charge in [0.05, 0.1) is 12.8 Å². The van der Waals surface area contributed by atoms with E-state index in [2.05, 4.69) is 16.9 Å². The van der Waals surface area contributed by atoms with Crippen LogP contribution in [0, 0.1) is 6.92 Å². The first-order chi connectivity index (χ1) is 10.1. The Balaban J connectivity index is 2.14. The van der Waals surface area contributed by atoms with Crippen molar-refractivity contribution in [2.24, 2.45) is 5.73 Å². The van der Waals surface area contributed by atoms with Gasteiger partial charge in [-0.05, 0) is 26.8 Å². The first-order valence-corrected chi connectivity index (χ1v) is 8.02. The summed E-state index contributed by atoms with van der Waals surface area (Å²) in [5.74, 6) is 0.883. The van der Waals surface area contributed by atoms with E-state index in [0.717, 1.165) is 30.2 Å². The third kappa shape index (κ3) is 3.95. The Morgan fingerprint density at radius 1 is 1.24 bits per heavy atom. The van der Waals surface area contributed by atoms with Crippen LogP contribution in [0.1, 0.15) is 49.9 Å². The van der Waals surface area contributed by atoms with Gasteiger partial charge >= 0.3 is 0 Å². The van der Waals surface area contributed by atoms with Gasteiger partial charge in [0.1, 0.15) is 5.75 Å². The third-order valence-corrected chi connectivity index (χ3v) is 4.84. The van der Waals surface area contributed by atoms with Crippen molar-refractivity contribution >= 4 is 0 Å². The van der Waals surface area contributed by atoms with Crippen LogP contribution in [0.5, 0.6) is 5.75 Å². The number of ether oxygens (including phenoxy) is 1. The number of hydrogen-bond acceptors (Lipinski definition) is 4. The topological polar surface area (TPSA) is 51.4 Å². The molecule has 0 saturated heterocycles. The van der Waals surface area contributed by atoms with Gasteiger partial charge in [0.15, 0.2) is 0 Å². The van der Waals surface area contributed by atoms with E-state index in [1.165, 1.54) is 38.5 Å². The fourth-order valence-electron chi connectivity index (χ4n) is 3.44. The molecule has 0 bridgehead atoms. The Bertz CT molecular complexity index is 453. The first kappa shape index (κ1) is 16.2. The highest BCUT2D eigenvalue weighted by molar-refractivity contribution is 5.26. The van der Waals surface area contributed by atoms with Crippen molar-refractivity contribution in [1.29, 1.82) is 0 Å². The Labute approximate surface area is 128 Å². The molecular formula is C17H29N3O. The van der Waals surface area contributed by atoms with Crippen LogP contribution in [0.4, 0.5) is 0 Å². The van der Waals surface area contributed by atoms with E-state index in [1.807, 2.05) is 19.1 Å². The maximum absolute atomic E-state index is 6.16. The van der Waals surface area contributed by atoms with E-state index in [-0.39, 0.29) is 5.54 Å². The molecule has 1 aliphatic carbocycles. The van der Waals surface area contributed by atoms with Crippen LogP contribution in [-0.4, -0.2) is 36.1 Å². The maximum Gasteiger partial charge on any atom is 0.122 e. The van der Waals surface area contributed by atoms with Gasteiger partial charge in [0.2, 0.25) is 0 Å². The minimum atomic E-state index is 0.134. The lowest BCUT2D eigenvalue weighted by Gasteiger charge is -2.40. The van der Waals surface area contributed by atoms with E-state index < -0.39 is 0 Å². The molecule has 0 aliphatic heterocycles. The second-order valence-electron chi connectivity index (χ2n) is 6.34. The average Bonchev–Trinajstić information content (AvgIpc) is 2.73. The molecule has 1 aliphatic rings. The summed E-state index contributed by atoms with van der Waals surface area (Å²) in [6, 6.07) is 4.00. The SMILES string of the molecule is COc1cc(C)nc(CN(C)C2(CN)CCCCCC2)c1. The van der Waals surface area contributed by atoms with Crippen molar-refractivity contribution in [2.75, 3.05) is 20.7 Å². The van der Waals surface area contributed by atoms with Crippen molar-refractivity contribution in [3.05, 3.63) is 23.5 Å². The minimum Gasteiger partial charge on any atom is -0.497 e. The molecule has 2 rings (SSSR count).